The molecule has 0 aliphatic carbocycles. The molecule has 0 atom stereocenters. The quantitative estimate of drug-likeness (QED) is 0.118. The van der Waals surface area contributed by atoms with Gasteiger partial charge in [-0.15, -0.1) is 0 Å². The average Bonchev–Trinajstić information content (AvgIpc) is 3.20. The Morgan fingerprint density at radius 3 is 1.84 bits per heavy atom. The number of hydrogen-bond donors (Lipinski definition) is 1. The molecule has 6 rings (SSSR count). The molecule has 0 radical (unpaired) electrons. The van der Waals surface area contributed by atoms with E-state index in [-0.39, 0.29) is 23.5 Å². The predicted octanol–water partition coefficient (Wildman–Crippen LogP) is 9.03. The lowest BCUT2D eigenvalue weighted by atomic mass is 10.0. The van der Waals surface area contributed by atoms with Crippen LogP contribution in [0, 0.1) is 0 Å². The summed E-state index contributed by atoms with van der Waals surface area (Å²) in [5.41, 5.74) is 4.13. The van der Waals surface area contributed by atoms with E-state index in [4.69, 9.17) is 14.2 Å². The number of sulfonamides is 1. The second-order valence-electron chi connectivity index (χ2n) is 12.7. The number of alkyl halides is 3. The number of benzene rings is 5. The van der Waals surface area contributed by atoms with E-state index in [0.29, 0.717) is 22.9 Å². The first kappa shape index (κ1) is 39.5. The van der Waals surface area contributed by atoms with Gasteiger partial charge in [0, 0.05) is 31.2 Å². The molecule has 9 nitrogen and oxygen atoms in total. The summed E-state index contributed by atoms with van der Waals surface area (Å²) in [7, 11) is 0.584. The average molecular weight is 782 g/mol. The highest BCUT2D eigenvalue weighted by atomic mass is 32.2. The topological polar surface area (TPSA) is 107 Å². The van der Waals surface area contributed by atoms with Gasteiger partial charge < -0.3 is 19.5 Å². The minimum Gasteiger partial charge on any atom is -0.493 e. The third-order valence-electron chi connectivity index (χ3n) is 9.06. The maximum absolute atomic E-state index is 14.2. The van der Waals surface area contributed by atoms with Crippen LogP contribution in [0.4, 0.5) is 18.9 Å². The van der Waals surface area contributed by atoms with Crippen LogP contribution in [0.5, 0.6) is 17.2 Å². The fraction of sp³-hybridized carbons (Fsp3) is 0.163. The number of hydrogen-bond acceptors (Lipinski definition) is 7. The van der Waals surface area contributed by atoms with Crippen molar-refractivity contribution in [2.45, 2.75) is 30.6 Å². The smallest absolute Gasteiger partial charge is 0.416 e. The number of halogens is 3. The van der Waals surface area contributed by atoms with Crippen molar-refractivity contribution in [3.05, 3.63) is 156 Å². The molecule has 0 saturated carbocycles. The second kappa shape index (κ2) is 17.1. The van der Waals surface area contributed by atoms with E-state index in [1.807, 2.05) is 30.3 Å². The number of rotatable bonds is 14. The fourth-order valence-electron chi connectivity index (χ4n) is 6.22. The van der Waals surface area contributed by atoms with E-state index in [9.17, 15) is 26.4 Å². The molecule has 56 heavy (non-hydrogen) atoms. The molecule has 6 aromatic rings. The Kier molecular flexibility index (Phi) is 12.1. The van der Waals surface area contributed by atoms with Gasteiger partial charge in [-0.1, -0.05) is 72.8 Å². The Labute approximate surface area is 323 Å². The van der Waals surface area contributed by atoms with Crippen LogP contribution in [0.25, 0.3) is 22.3 Å². The number of aromatic nitrogens is 1. The highest BCUT2D eigenvalue weighted by Gasteiger charge is 2.33. The Balaban J connectivity index is 1.17. The second-order valence-corrected chi connectivity index (χ2v) is 14.7. The largest absolute Gasteiger partial charge is 0.493 e. The summed E-state index contributed by atoms with van der Waals surface area (Å²) < 4.78 is 86.3. The van der Waals surface area contributed by atoms with E-state index in [2.05, 4.69) is 10.3 Å². The van der Waals surface area contributed by atoms with E-state index in [1.54, 1.807) is 79.1 Å². The van der Waals surface area contributed by atoms with Gasteiger partial charge in [-0.25, -0.2) is 8.42 Å². The SMILES string of the molecule is COc1cc(-c2ccc(S(=O)(=O)N(Cc3ccc(-c4ccc(NC(=O)Cc5ccccc5C(F)(F)F)cc4)cc3)Cc3cccnc3)cc2)cc(OC)c1OC. The van der Waals surface area contributed by atoms with Crippen molar-refractivity contribution in [3.63, 3.8) is 0 Å². The first-order valence-electron chi connectivity index (χ1n) is 17.3. The number of carbonyl (C=O) groups is 1. The van der Waals surface area contributed by atoms with Gasteiger partial charge in [0.1, 0.15) is 0 Å². The summed E-state index contributed by atoms with van der Waals surface area (Å²) in [6, 6.07) is 33.1. The molecular weight excluding hydrogens is 744 g/mol. The molecule has 0 aliphatic heterocycles. The number of amides is 1. The van der Waals surface area contributed by atoms with Gasteiger partial charge in [-0.05, 0) is 87.5 Å². The van der Waals surface area contributed by atoms with Crippen molar-refractivity contribution in [2.24, 2.45) is 0 Å². The number of anilines is 1. The maximum atomic E-state index is 14.2. The highest BCUT2D eigenvalue weighted by molar-refractivity contribution is 7.89. The van der Waals surface area contributed by atoms with Crippen LogP contribution in [0.15, 0.2) is 139 Å². The van der Waals surface area contributed by atoms with Crippen molar-refractivity contribution in [1.82, 2.24) is 9.29 Å². The monoisotopic (exact) mass is 781 g/mol. The van der Waals surface area contributed by atoms with Gasteiger partial charge >= 0.3 is 6.18 Å². The summed E-state index contributed by atoms with van der Waals surface area (Å²) in [4.78, 5) is 16.9. The number of nitrogens with zero attached hydrogens (tertiary/aromatic N) is 2. The van der Waals surface area contributed by atoms with Crippen LogP contribution in [0.2, 0.25) is 0 Å². The van der Waals surface area contributed by atoms with Gasteiger partial charge in [0.05, 0.1) is 38.2 Å². The van der Waals surface area contributed by atoms with Crippen molar-refractivity contribution in [1.29, 1.82) is 0 Å². The molecule has 1 heterocycles. The fourth-order valence-corrected chi connectivity index (χ4v) is 7.63. The van der Waals surface area contributed by atoms with E-state index < -0.39 is 34.1 Å². The van der Waals surface area contributed by atoms with Gasteiger partial charge in [0.2, 0.25) is 21.7 Å². The predicted molar refractivity (Wildman–Crippen MR) is 208 cm³/mol. The molecule has 5 aromatic carbocycles. The minimum absolute atomic E-state index is 0.0779. The Morgan fingerprint density at radius 2 is 1.27 bits per heavy atom. The summed E-state index contributed by atoms with van der Waals surface area (Å²) >= 11 is 0. The Hall–Kier alpha value is -6.18. The maximum Gasteiger partial charge on any atom is 0.416 e. The first-order valence-corrected chi connectivity index (χ1v) is 18.8. The van der Waals surface area contributed by atoms with Gasteiger partial charge in [-0.2, -0.15) is 17.5 Å². The molecule has 288 valence electrons. The number of carbonyl (C=O) groups excluding carboxylic acids is 1. The Bertz CT molecular complexity index is 2370. The Morgan fingerprint density at radius 1 is 0.696 bits per heavy atom. The van der Waals surface area contributed by atoms with Crippen LogP contribution in [0.1, 0.15) is 22.3 Å². The van der Waals surface area contributed by atoms with Gasteiger partial charge in [-0.3, -0.25) is 9.78 Å². The lowest BCUT2D eigenvalue weighted by Gasteiger charge is -2.23. The molecular formula is C43H38F3N3O6S. The zero-order valence-corrected chi connectivity index (χ0v) is 31.5. The van der Waals surface area contributed by atoms with Crippen LogP contribution < -0.4 is 19.5 Å². The van der Waals surface area contributed by atoms with Crippen LogP contribution in [0.3, 0.4) is 0 Å². The summed E-state index contributed by atoms with van der Waals surface area (Å²) in [6.07, 6.45) is -1.72. The molecule has 0 fully saturated rings. The zero-order valence-electron chi connectivity index (χ0n) is 30.7. The summed E-state index contributed by atoms with van der Waals surface area (Å²) in [5.74, 6) is 0.826. The lowest BCUT2D eigenvalue weighted by Crippen LogP contribution is -2.30. The molecule has 0 bridgehead atoms. The first-order chi connectivity index (χ1) is 26.9. The number of nitrogens with one attached hydrogen (secondary N) is 1. The summed E-state index contributed by atoms with van der Waals surface area (Å²) in [6.45, 7) is 0.163. The molecule has 13 heteroatoms. The number of methoxy groups -OCH3 is 3. The van der Waals surface area contributed by atoms with Crippen LogP contribution >= 0.6 is 0 Å². The van der Waals surface area contributed by atoms with Gasteiger partial charge in [0.25, 0.3) is 0 Å². The normalized spacial score (nSPS) is 11.6. The van der Waals surface area contributed by atoms with Crippen LogP contribution in [-0.4, -0.2) is 44.9 Å². The standard InChI is InChI=1S/C43H38F3N3O6S/c1-53-39-23-35(24-40(54-2)42(39)55-3)33-16-20-37(21-17-33)56(51,52)49(28-30-7-6-22-47-26-30)27-29-10-12-31(13-11-29)32-14-18-36(19-15-32)48-41(50)25-34-8-4-5-9-38(34)43(44,45)46/h4-24,26H,25,27-28H2,1-3H3,(H,48,50). The molecule has 0 unspecified atom stereocenters. The lowest BCUT2D eigenvalue weighted by molar-refractivity contribution is -0.138. The van der Waals surface area contributed by atoms with Crippen LogP contribution in [-0.2, 0) is 40.5 Å². The highest BCUT2D eigenvalue weighted by Crippen LogP contribution is 2.41. The molecule has 0 aliphatic rings. The van der Waals surface area contributed by atoms with Crippen molar-refractivity contribution < 1.29 is 40.6 Å². The third kappa shape index (κ3) is 9.19. The van der Waals surface area contributed by atoms with E-state index in [0.717, 1.165) is 39.4 Å². The molecule has 1 N–H and O–H groups in total. The third-order valence-corrected chi connectivity index (χ3v) is 10.9. The van der Waals surface area contributed by atoms with Crippen molar-refractivity contribution >= 4 is 21.6 Å². The minimum atomic E-state index is -4.56. The molecule has 1 aromatic heterocycles. The molecule has 0 spiro atoms. The van der Waals surface area contributed by atoms with E-state index >= 15 is 0 Å². The number of ether oxygens (including phenoxy) is 3. The van der Waals surface area contributed by atoms with E-state index in [1.165, 1.54) is 43.8 Å². The molecule has 1 amide bonds. The van der Waals surface area contributed by atoms with Crippen molar-refractivity contribution in [2.75, 3.05) is 26.6 Å². The van der Waals surface area contributed by atoms with Crippen molar-refractivity contribution in [3.8, 4) is 39.5 Å². The zero-order chi connectivity index (χ0) is 39.9. The van der Waals surface area contributed by atoms with Gasteiger partial charge in [0.15, 0.2) is 11.5 Å². The summed E-state index contributed by atoms with van der Waals surface area (Å²) in [5, 5.41) is 2.66. The molecule has 0 saturated heterocycles. The number of pyridine rings is 1.